The van der Waals surface area contributed by atoms with Gasteiger partial charge < -0.3 is 9.84 Å². The van der Waals surface area contributed by atoms with Crippen LogP contribution in [0.4, 0.5) is 8.78 Å². The first kappa shape index (κ1) is 14.3. The van der Waals surface area contributed by atoms with Gasteiger partial charge in [-0.05, 0) is 30.3 Å². The third-order valence-corrected chi connectivity index (χ3v) is 2.89. The van der Waals surface area contributed by atoms with Gasteiger partial charge in [-0.25, -0.2) is 13.6 Å². The molecule has 0 aliphatic heterocycles. The van der Waals surface area contributed by atoms with Crippen LogP contribution < -0.4 is 4.74 Å². The lowest BCUT2D eigenvalue weighted by Gasteiger charge is -2.09. The van der Waals surface area contributed by atoms with E-state index < -0.39 is 17.6 Å². The molecule has 0 atom stereocenters. The van der Waals surface area contributed by atoms with E-state index in [4.69, 9.17) is 21.4 Å². The molecule has 0 saturated heterocycles. The molecule has 0 heterocycles. The van der Waals surface area contributed by atoms with Gasteiger partial charge in [0.1, 0.15) is 24.0 Å². The molecule has 0 fully saturated rings. The topological polar surface area (TPSA) is 46.5 Å². The van der Waals surface area contributed by atoms with E-state index in [9.17, 15) is 13.6 Å². The summed E-state index contributed by atoms with van der Waals surface area (Å²) in [5.41, 5.74) is 0.0914. The zero-order valence-electron chi connectivity index (χ0n) is 10.1. The Morgan fingerprint density at radius 3 is 2.60 bits per heavy atom. The van der Waals surface area contributed by atoms with Crippen LogP contribution in [0.15, 0.2) is 36.4 Å². The smallest absolute Gasteiger partial charge is 0.336 e. The van der Waals surface area contributed by atoms with Crippen molar-refractivity contribution in [3.63, 3.8) is 0 Å². The number of benzene rings is 2. The molecule has 0 amide bonds. The molecule has 0 aliphatic carbocycles. The van der Waals surface area contributed by atoms with Gasteiger partial charge in [0.2, 0.25) is 0 Å². The van der Waals surface area contributed by atoms with Crippen molar-refractivity contribution in [2.75, 3.05) is 0 Å². The third-order valence-electron chi connectivity index (χ3n) is 2.58. The molecule has 104 valence electrons. The molecule has 2 aromatic carbocycles. The van der Waals surface area contributed by atoms with Gasteiger partial charge in [0.15, 0.2) is 0 Å². The lowest BCUT2D eigenvalue weighted by molar-refractivity contribution is 0.0694. The first-order valence-electron chi connectivity index (χ1n) is 5.57. The summed E-state index contributed by atoms with van der Waals surface area (Å²) in [5, 5.41) is 8.93. The summed E-state index contributed by atoms with van der Waals surface area (Å²) in [7, 11) is 0. The molecule has 2 aromatic rings. The van der Waals surface area contributed by atoms with Gasteiger partial charge in [-0.1, -0.05) is 11.6 Å². The van der Waals surface area contributed by atoms with Crippen molar-refractivity contribution in [3.05, 3.63) is 64.2 Å². The summed E-state index contributed by atoms with van der Waals surface area (Å²) in [6.07, 6.45) is 0. The van der Waals surface area contributed by atoms with Gasteiger partial charge in [0, 0.05) is 11.6 Å². The Bertz CT molecular complexity index is 659. The predicted molar refractivity (Wildman–Crippen MR) is 69.1 cm³/mol. The summed E-state index contributed by atoms with van der Waals surface area (Å²) < 4.78 is 31.6. The maximum absolute atomic E-state index is 13.2. The van der Waals surface area contributed by atoms with Crippen LogP contribution in [0.25, 0.3) is 0 Å². The molecule has 0 unspecified atom stereocenters. The van der Waals surface area contributed by atoms with Crippen LogP contribution in [-0.2, 0) is 6.61 Å². The lowest BCUT2D eigenvalue weighted by atomic mass is 10.1. The largest absolute Gasteiger partial charge is 0.489 e. The Hall–Kier alpha value is -2.14. The van der Waals surface area contributed by atoms with Gasteiger partial charge in [-0.3, -0.25) is 0 Å². The number of ether oxygens (including phenoxy) is 1. The molecule has 20 heavy (non-hydrogen) atoms. The van der Waals surface area contributed by atoms with E-state index in [1.807, 2.05) is 0 Å². The molecule has 1 N–H and O–H groups in total. The molecule has 0 aromatic heterocycles. The summed E-state index contributed by atoms with van der Waals surface area (Å²) in [6.45, 7) is -0.194. The summed E-state index contributed by atoms with van der Waals surface area (Å²) in [4.78, 5) is 11.0. The number of aromatic carboxylic acids is 1. The second-order valence-electron chi connectivity index (χ2n) is 3.97. The fraction of sp³-hybridized carbons (Fsp3) is 0.0714. The first-order chi connectivity index (χ1) is 9.47. The highest BCUT2D eigenvalue weighted by Crippen LogP contribution is 2.22. The van der Waals surface area contributed by atoms with Crippen LogP contribution in [0.3, 0.4) is 0 Å². The molecule has 3 nitrogen and oxygen atoms in total. The number of hydrogen-bond acceptors (Lipinski definition) is 2. The number of halogens is 3. The fourth-order valence-electron chi connectivity index (χ4n) is 1.62. The van der Waals surface area contributed by atoms with Crippen molar-refractivity contribution >= 4 is 17.6 Å². The summed E-state index contributed by atoms with van der Waals surface area (Å²) in [5.74, 6) is -2.24. The second kappa shape index (κ2) is 5.88. The van der Waals surface area contributed by atoms with Crippen LogP contribution in [-0.4, -0.2) is 11.1 Å². The average molecular weight is 299 g/mol. The van der Waals surface area contributed by atoms with E-state index in [0.29, 0.717) is 0 Å². The number of carboxylic acids is 1. The molecular weight excluding hydrogens is 290 g/mol. The second-order valence-corrected chi connectivity index (χ2v) is 4.38. The van der Waals surface area contributed by atoms with Crippen molar-refractivity contribution in [2.24, 2.45) is 0 Å². The van der Waals surface area contributed by atoms with Crippen molar-refractivity contribution in [2.45, 2.75) is 6.61 Å². The van der Waals surface area contributed by atoms with Crippen molar-refractivity contribution in [3.8, 4) is 5.75 Å². The number of rotatable bonds is 4. The molecule has 2 rings (SSSR count). The Morgan fingerprint density at radius 2 is 1.95 bits per heavy atom. The quantitative estimate of drug-likeness (QED) is 0.931. The van der Waals surface area contributed by atoms with Crippen LogP contribution in [0, 0.1) is 11.6 Å². The van der Waals surface area contributed by atoms with E-state index in [0.717, 1.165) is 24.3 Å². The Morgan fingerprint density at radius 1 is 1.20 bits per heavy atom. The first-order valence-corrected chi connectivity index (χ1v) is 5.95. The zero-order chi connectivity index (χ0) is 14.7. The maximum atomic E-state index is 13.2. The minimum absolute atomic E-state index is 0.0469. The fourth-order valence-corrected chi connectivity index (χ4v) is 1.74. The number of carbonyl (C=O) groups is 1. The van der Waals surface area contributed by atoms with Crippen molar-refractivity contribution in [1.29, 1.82) is 0 Å². The predicted octanol–water partition coefficient (Wildman–Crippen LogP) is 3.90. The van der Waals surface area contributed by atoms with Crippen molar-refractivity contribution in [1.82, 2.24) is 0 Å². The van der Waals surface area contributed by atoms with E-state index >= 15 is 0 Å². The molecule has 0 spiro atoms. The maximum Gasteiger partial charge on any atom is 0.336 e. The number of hydrogen-bond donors (Lipinski definition) is 1. The van der Waals surface area contributed by atoms with Gasteiger partial charge >= 0.3 is 5.97 Å². The van der Waals surface area contributed by atoms with E-state index in [2.05, 4.69) is 0 Å². The minimum Gasteiger partial charge on any atom is -0.489 e. The van der Waals surface area contributed by atoms with E-state index in [1.54, 1.807) is 0 Å². The third kappa shape index (κ3) is 3.24. The average Bonchev–Trinajstić information content (AvgIpc) is 2.40. The van der Waals surface area contributed by atoms with E-state index in [1.165, 1.54) is 12.1 Å². The molecule has 0 aliphatic rings. The van der Waals surface area contributed by atoms with Crippen LogP contribution in [0.2, 0.25) is 5.02 Å². The highest BCUT2D eigenvalue weighted by molar-refractivity contribution is 6.30. The molecule has 6 heteroatoms. The molecular formula is C14H9ClF2O3. The molecule has 0 bridgehead atoms. The standard InChI is InChI=1S/C14H9ClF2O3/c15-12-4-2-10(6-13(12)17)20-7-8-5-9(16)1-3-11(8)14(18)19/h1-6H,7H2,(H,18,19). The molecule has 0 radical (unpaired) electrons. The van der Waals surface area contributed by atoms with Crippen LogP contribution in [0.1, 0.15) is 15.9 Å². The van der Waals surface area contributed by atoms with E-state index in [-0.39, 0.29) is 28.5 Å². The van der Waals surface area contributed by atoms with Gasteiger partial charge in [-0.15, -0.1) is 0 Å². The van der Waals surface area contributed by atoms with Gasteiger partial charge in [0.25, 0.3) is 0 Å². The molecule has 0 saturated carbocycles. The SMILES string of the molecule is O=C(O)c1ccc(F)cc1COc1ccc(Cl)c(F)c1. The highest BCUT2D eigenvalue weighted by atomic mass is 35.5. The number of carboxylic acid groups (broad SMARTS) is 1. The summed E-state index contributed by atoms with van der Waals surface area (Å²) >= 11 is 5.53. The van der Waals surface area contributed by atoms with Crippen LogP contribution >= 0.6 is 11.6 Å². The monoisotopic (exact) mass is 298 g/mol. The normalized spacial score (nSPS) is 10.3. The van der Waals surface area contributed by atoms with Gasteiger partial charge in [0.05, 0.1) is 10.6 Å². The Balaban J connectivity index is 2.20. The van der Waals surface area contributed by atoms with Crippen LogP contribution in [0.5, 0.6) is 5.75 Å². The highest BCUT2D eigenvalue weighted by Gasteiger charge is 2.12. The minimum atomic E-state index is -1.19. The van der Waals surface area contributed by atoms with Crippen molar-refractivity contribution < 1.29 is 23.4 Å². The summed E-state index contributed by atoms with van der Waals surface area (Å²) in [6, 6.07) is 7.09. The zero-order valence-corrected chi connectivity index (χ0v) is 10.8. The Labute approximate surface area is 118 Å². The lowest BCUT2D eigenvalue weighted by Crippen LogP contribution is -2.06. The van der Waals surface area contributed by atoms with Gasteiger partial charge in [-0.2, -0.15) is 0 Å². The Kier molecular flexibility index (Phi) is 4.20.